The third kappa shape index (κ3) is 6.79. The Morgan fingerprint density at radius 3 is 1.22 bits per heavy atom. The fraction of sp³-hybridized carbons (Fsp3) is 0.500. The van der Waals surface area contributed by atoms with E-state index in [4.69, 9.17) is 0 Å². The Hall–Kier alpha value is -2.90. The number of hydrogen-bond donors (Lipinski definition) is 0. The van der Waals surface area contributed by atoms with Crippen molar-refractivity contribution in [1.29, 1.82) is 0 Å². The van der Waals surface area contributed by atoms with Crippen molar-refractivity contribution in [3.63, 3.8) is 0 Å². The molecule has 4 unspecified atom stereocenters. The molecule has 0 fully saturated rings. The summed E-state index contributed by atoms with van der Waals surface area (Å²) in [6.45, 7) is 24.0. The summed E-state index contributed by atoms with van der Waals surface area (Å²) in [5, 5.41) is 0. The molecule has 0 saturated carbocycles. The first kappa shape index (κ1) is 35.9. The summed E-state index contributed by atoms with van der Waals surface area (Å²) in [6, 6.07) is 36.8. The molecule has 0 bridgehead atoms. The lowest BCUT2D eigenvalue weighted by molar-refractivity contribution is 0.527. The smallest absolute Gasteiger partial charge is 0.0654 e. The van der Waals surface area contributed by atoms with Crippen LogP contribution in [0.5, 0.6) is 0 Å². The van der Waals surface area contributed by atoms with Crippen molar-refractivity contribution in [2.75, 3.05) is 0 Å². The first-order valence-electron chi connectivity index (χ1n) is 19.8. The van der Waals surface area contributed by atoms with Crippen LogP contribution in [0.3, 0.4) is 0 Å². The molecule has 2 aliphatic rings. The third-order valence-electron chi connectivity index (χ3n) is 12.6. The van der Waals surface area contributed by atoms with E-state index < -0.39 is 8.07 Å². The summed E-state index contributed by atoms with van der Waals surface area (Å²) in [5.41, 5.74) is 17.1. The van der Waals surface area contributed by atoms with Crippen molar-refractivity contribution in [2.24, 2.45) is 11.8 Å². The van der Waals surface area contributed by atoms with Gasteiger partial charge in [-0.1, -0.05) is 192 Å². The lowest BCUT2D eigenvalue weighted by atomic mass is 9.85. The molecule has 0 amide bonds. The molecule has 0 aliphatic heterocycles. The summed E-state index contributed by atoms with van der Waals surface area (Å²) in [4.78, 5) is 0. The molecule has 1 heteroatoms. The molecule has 0 spiro atoms. The van der Waals surface area contributed by atoms with Gasteiger partial charge in [0.2, 0.25) is 0 Å². The maximum Gasteiger partial charge on any atom is 0.0694 e. The summed E-state index contributed by atoms with van der Waals surface area (Å²) in [5.74, 6) is 1.38. The first-order valence-corrected chi connectivity index (χ1v) is 22.3. The monoisotopic (exact) mass is 668 g/mol. The van der Waals surface area contributed by atoms with Crippen LogP contribution in [0.25, 0.3) is 22.3 Å². The summed E-state index contributed by atoms with van der Waals surface area (Å²) < 4.78 is 0. The first-order chi connectivity index (χ1) is 23.3. The topological polar surface area (TPSA) is 0 Å². The van der Waals surface area contributed by atoms with Gasteiger partial charge in [-0.15, -0.1) is 0 Å². The molecule has 4 atom stereocenters. The minimum absolute atomic E-state index is 0.171. The van der Waals surface area contributed by atoms with E-state index >= 15 is 0 Å². The van der Waals surface area contributed by atoms with Crippen LogP contribution in [0.15, 0.2) is 84.9 Å². The van der Waals surface area contributed by atoms with E-state index in [1.165, 1.54) is 84.0 Å². The van der Waals surface area contributed by atoms with E-state index in [1.807, 2.05) is 0 Å². The molecular formula is C48H64Si. The van der Waals surface area contributed by atoms with Gasteiger partial charge in [-0.25, -0.2) is 0 Å². The van der Waals surface area contributed by atoms with Crippen LogP contribution in [-0.2, 0) is 23.7 Å². The lowest BCUT2D eigenvalue weighted by Crippen LogP contribution is -2.50. The maximum absolute atomic E-state index is 2.63. The van der Waals surface area contributed by atoms with Crippen LogP contribution in [0.4, 0.5) is 0 Å². The quantitative estimate of drug-likeness (QED) is 0.148. The van der Waals surface area contributed by atoms with E-state index in [2.05, 4.69) is 154 Å². The standard InChI is InChI=1S/C48H64Si/c1-11-13-29-49(30-14-12-2,45-33(3)31-43-39(17-15-19-41(43)45)35-21-25-37(26-22-35)47(5,6)7)46-34(4)32-44-40(18-16-20-42(44)46)36-23-27-38(28-24-36)48(8,9)10/h15-28,33-34,45-46H,11-14,29-32H2,1-10H3. The second-order valence-corrected chi connectivity index (χ2v) is 22.9. The Morgan fingerprint density at radius 1 is 0.531 bits per heavy atom. The SMILES string of the molecule is CCCC[Si](CCCC)(C1c2cccc(-c3ccc(C(C)(C)C)cc3)c2CC1C)C1c2cccc(-c3ccc(C(C)(C)C)cc3)c2CC1C. The molecule has 260 valence electrons. The van der Waals surface area contributed by atoms with Crippen LogP contribution in [0, 0.1) is 11.8 Å². The van der Waals surface area contributed by atoms with E-state index in [0.29, 0.717) is 22.9 Å². The van der Waals surface area contributed by atoms with Crippen LogP contribution in [0.2, 0.25) is 12.1 Å². The van der Waals surface area contributed by atoms with Gasteiger partial charge >= 0.3 is 0 Å². The summed E-state index contributed by atoms with van der Waals surface area (Å²) >= 11 is 0. The Labute approximate surface area is 301 Å². The van der Waals surface area contributed by atoms with Gasteiger partial charge < -0.3 is 0 Å². The molecule has 0 saturated heterocycles. The average Bonchev–Trinajstić information content (AvgIpc) is 3.60. The summed E-state index contributed by atoms with van der Waals surface area (Å²) in [6.07, 6.45) is 7.77. The van der Waals surface area contributed by atoms with Crippen molar-refractivity contribution < 1.29 is 0 Å². The number of benzene rings is 4. The fourth-order valence-electron chi connectivity index (χ4n) is 10.3. The Bertz CT molecular complexity index is 1600. The second-order valence-electron chi connectivity index (χ2n) is 18.2. The zero-order valence-electron chi connectivity index (χ0n) is 32.5. The highest BCUT2D eigenvalue weighted by Crippen LogP contribution is 2.59. The zero-order valence-corrected chi connectivity index (χ0v) is 33.5. The third-order valence-corrected chi connectivity index (χ3v) is 19.4. The van der Waals surface area contributed by atoms with Gasteiger partial charge in [0.15, 0.2) is 0 Å². The molecule has 2 aliphatic carbocycles. The highest BCUT2D eigenvalue weighted by Gasteiger charge is 2.55. The normalized spacial score (nSPS) is 20.8. The van der Waals surface area contributed by atoms with Gasteiger partial charge in [0.25, 0.3) is 0 Å². The predicted molar refractivity (Wildman–Crippen MR) is 218 cm³/mol. The number of unbranched alkanes of at least 4 members (excludes halogenated alkanes) is 2. The Morgan fingerprint density at radius 2 is 0.898 bits per heavy atom. The Balaban J connectivity index is 1.48. The van der Waals surface area contributed by atoms with Crippen LogP contribution >= 0.6 is 0 Å². The van der Waals surface area contributed by atoms with E-state index in [-0.39, 0.29) is 10.8 Å². The van der Waals surface area contributed by atoms with E-state index in [9.17, 15) is 0 Å². The molecule has 4 aromatic carbocycles. The number of fused-ring (bicyclic) bond motifs is 2. The average molecular weight is 669 g/mol. The van der Waals surface area contributed by atoms with Crippen molar-refractivity contribution in [1.82, 2.24) is 0 Å². The highest BCUT2D eigenvalue weighted by atomic mass is 28.3. The van der Waals surface area contributed by atoms with Crippen molar-refractivity contribution >= 4 is 8.07 Å². The predicted octanol–water partition coefficient (Wildman–Crippen LogP) is 14.0. The molecular weight excluding hydrogens is 605 g/mol. The Kier molecular flexibility index (Phi) is 10.3. The fourth-order valence-corrected chi connectivity index (χ4v) is 18.5. The number of hydrogen-bond acceptors (Lipinski definition) is 0. The van der Waals surface area contributed by atoms with Crippen LogP contribution in [-0.4, -0.2) is 8.07 Å². The minimum Gasteiger partial charge on any atom is -0.0654 e. The zero-order chi connectivity index (χ0) is 35.1. The molecule has 0 N–H and O–H groups in total. The maximum atomic E-state index is 2.63. The van der Waals surface area contributed by atoms with Gasteiger partial charge in [-0.3, -0.25) is 0 Å². The van der Waals surface area contributed by atoms with Crippen molar-refractivity contribution in [3.8, 4) is 22.3 Å². The van der Waals surface area contributed by atoms with E-state index in [1.54, 1.807) is 22.3 Å². The lowest BCUT2D eigenvalue weighted by Gasteiger charge is -2.47. The summed E-state index contributed by atoms with van der Waals surface area (Å²) in [7, 11) is -1.92. The molecule has 4 aromatic rings. The largest absolute Gasteiger partial charge is 0.0694 e. The molecule has 0 radical (unpaired) electrons. The van der Waals surface area contributed by atoms with Gasteiger partial charge in [-0.2, -0.15) is 0 Å². The molecule has 6 rings (SSSR count). The van der Waals surface area contributed by atoms with Crippen molar-refractivity contribution in [3.05, 3.63) is 118 Å². The van der Waals surface area contributed by atoms with Gasteiger partial charge in [0.1, 0.15) is 0 Å². The van der Waals surface area contributed by atoms with E-state index in [0.717, 1.165) is 0 Å². The highest BCUT2D eigenvalue weighted by molar-refractivity contribution is 6.82. The van der Waals surface area contributed by atoms with Crippen molar-refractivity contribution in [2.45, 2.75) is 142 Å². The van der Waals surface area contributed by atoms with Gasteiger partial charge in [0.05, 0.1) is 8.07 Å². The second kappa shape index (κ2) is 14.0. The molecule has 0 aromatic heterocycles. The van der Waals surface area contributed by atoms with Crippen LogP contribution < -0.4 is 0 Å². The molecule has 0 heterocycles. The molecule has 0 nitrogen and oxygen atoms in total. The van der Waals surface area contributed by atoms with Gasteiger partial charge in [0, 0.05) is 0 Å². The minimum atomic E-state index is -1.92. The van der Waals surface area contributed by atoms with Gasteiger partial charge in [-0.05, 0) is 102 Å². The van der Waals surface area contributed by atoms with Crippen LogP contribution in [0.1, 0.15) is 139 Å². The number of rotatable bonds is 10. The molecule has 49 heavy (non-hydrogen) atoms.